The van der Waals surface area contributed by atoms with Crippen molar-refractivity contribution in [2.45, 2.75) is 347 Å². The first-order chi connectivity index (χ1) is 36.5. The van der Waals surface area contributed by atoms with Gasteiger partial charge >= 0.3 is 5.97 Å². The van der Waals surface area contributed by atoms with E-state index in [2.05, 4.69) is 67.8 Å². The van der Waals surface area contributed by atoms with Gasteiger partial charge in [0.15, 0.2) is 0 Å². The molecule has 1 amide bonds. The Morgan fingerprint density at radius 2 is 0.676 bits per heavy atom. The van der Waals surface area contributed by atoms with Crippen LogP contribution in [0, 0.1) is 0 Å². The summed E-state index contributed by atoms with van der Waals surface area (Å²) in [5.74, 6) is -0.0673. The molecule has 6 nitrogen and oxygen atoms in total. The van der Waals surface area contributed by atoms with Crippen LogP contribution in [0.4, 0.5) is 0 Å². The second kappa shape index (κ2) is 63.1. The number of esters is 1. The summed E-state index contributed by atoms with van der Waals surface area (Å²) in [6.07, 6.45) is 82.8. The van der Waals surface area contributed by atoms with E-state index in [9.17, 15) is 19.8 Å². The molecule has 0 spiro atoms. The molecule has 0 saturated carbocycles. The van der Waals surface area contributed by atoms with Gasteiger partial charge in [-0.2, -0.15) is 0 Å². The Kier molecular flexibility index (Phi) is 61.0. The van der Waals surface area contributed by atoms with Crippen LogP contribution in [0.1, 0.15) is 335 Å². The van der Waals surface area contributed by atoms with Crippen molar-refractivity contribution in [2.24, 2.45) is 0 Å². The number of hydrogen-bond donors (Lipinski definition) is 3. The standard InChI is InChI=1S/C68H125NO5/c1-3-5-7-9-11-13-15-16-17-18-33-36-39-42-46-50-54-58-62-68(73)74-63-59-55-51-47-43-40-37-34-31-29-27-25-23-21-19-20-22-24-26-28-30-32-35-38-41-45-49-53-57-61-67(72)69-65(64-70)66(71)60-56-52-48-44-14-12-10-8-6-4-2/h13,15,17-19,21,25,27,56,60,65-66,70-71H,3-12,14,16,20,22-24,26,28-55,57-59,61-64H2,1-2H3,(H,69,72)/b15-13-,18-17-,21-19-,27-25-,60-56+. The van der Waals surface area contributed by atoms with E-state index < -0.39 is 12.1 Å². The average molecular weight is 1040 g/mol. The average Bonchev–Trinajstić information content (AvgIpc) is 3.40. The lowest BCUT2D eigenvalue weighted by atomic mass is 10.0. The molecule has 432 valence electrons. The van der Waals surface area contributed by atoms with Crippen LogP contribution in [0.25, 0.3) is 0 Å². The molecule has 2 unspecified atom stereocenters. The molecule has 0 rings (SSSR count). The van der Waals surface area contributed by atoms with Crippen molar-refractivity contribution in [1.29, 1.82) is 0 Å². The summed E-state index contributed by atoms with van der Waals surface area (Å²) < 4.78 is 5.49. The van der Waals surface area contributed by atoms with E-state index in [1.807, 2.05) is 6.08 Å². The Morgan fingerprint density at radius 3 is 1.04 bits per heavy atom. The molecule has 0 aromatic rings. The van der Waals surface area contributed by atoms with Gasteiger partial charge in [-0.1, -0.05) is 286 Å². The molecule has 0 aromatic carbocycles. The minimum absolute atomic E-state index is 0.00381. The molecule has 0 aliphatic carbocycles. The third-order valence-corrected chi connectivity index (χ3v) is 14.8. The van der Waals surface area contributed by atoms with Gasteiger partial charge in [0.05, 0.1) is 25.4 Å². The number of unbranched alkanes of at least 4 members (excludes halogenated alkanes) is 41. The first-order valence-corrected chi connectivity index (χ1v) is 32.6. The fourth-order valence-corrected chi connectivity index (χ4v) is 9.75. The van der Waals surface area contributed by atoms with Crippen LogP contribution in [-0.2, 0) is 14.3 Å². The van der Waals surface area contributed by atoms with Gasteiger partial charge in [-0.15, -0.1) is 0 Å². The number of amides is 1. The van der Waals surface area contributed by atoms with E-state index in [0.717, 1.165) is 57.8 Å². The van der Waals surface area contributed by atoms with Crippen molar-refractivity contribution in [3.05, 3.63) is 60.8 Å². The number of aliphatic hydroxyl groups excluding tert-OH is 2. The number of nitrogens with one attached hydrogen (secondary N) is 1. The van der Waals surface area contributed by atoms with Crippen LogP contribution in [0.2, 0.25) is 0 Å². The van der Waals surface area contributed by atoms with Crippen molar-refractivity contribution in [3.63, 3.8) is 0 Å². The third kappa shape index (κ3) is 58.8. The zero-order chi connectivity index (χ0) is 53.6. The molecular weight excluding hydrogens is 911 g/mol. The minimum Gasteiger partial charge on any atom is -0.466 e. The van der Waals surface area contributed by atoms with Crippen LogP contribution in [0.15, 0.2) is 60.8 Å². The normalized spacial score (nSPS) is 13.0. The Bertz CT molecular complexity index is 1290. The molecule has 74 heavy (non-hydrogen) atoms. The maximum absolute atomic E-state index is 12.4. The second-order valence-electron chi connectivity index (χ2n) is 22.1. The summed E-state index contributed by atoms with van der Waals surface area (Å²) in [6.45, 7) is 4.87. The topological polar surface area (TPSA) is 95.9 Å². The molecule has 0 saturated heterocycles. The Morgan fingerprint density at radius 1 is 0.378 bits per heavy atom. The lowest BCUT2D eigenvalue weighted by molar-refractivity contribution is -0.143. The van der Waals surface area contributed by atoms with Crippen molar-refractivity contribution < 1.29 is 24.5 Å². The Balaban J connectivity index is 3.40. The highest BCUT2D eigenvalue weighted by Gasteiger charge is 2.18. The maximum Gasteiger partial charge on any atom is 0.305 e. The van der Waals surface area contributed by atoms with E-state index in [-0.39, 0.29) is 18.5 Å². The van der Waals surface area contributed by atoms with Gasteiger partial charge in [-0.05, 0) is 96.3 Å². The summed E-state index contributed by atoms with van der Waals surface area (Å²) in [7, 11) is 0. The first kappa shape index (κ1) is 71.6. The van der Waals surface area contributed by atoms with Gasteiger partial charge in [0.25, 0.3) is 0 Å². The Labute approximate surface area is 460 Å². The number of hydrogen-bond acceptors (Lipinski definition) is 5. The predicted octanol–water partition coefficient (Wildman–Crippen LogP) is 20.7. The molecule has 0 bridgehead atoms. The van der Waals surface area contributed by atoms with E-state index in [1.54, 1.807) is 6.08 Å². The molecule has 3 N–H and O–H groups in total. The molecule has 0 radical (unpaired) electrons. The highest BCUT2D eigenvalue weighted by Crippen LogP contribution is 2.16. The zero-order valence-electron chi connectivity index (χ0n) is 49.3. The van der Waals surface area contributed by atoms with Crippen molar-refractivity contribution in [1.82, 2.24) is 5.32 Å². The number of carbonyl (C=O) groups excluding carboxylic acids is 2. The summed E-state index contributed by atoms with van der Waals surface area (Å²) in [6, 6.07) is -0.628. The largest absolute Gasteiger partial charge is 0.466 e. The molecule has 0 aliphatic rings. The quantitative estimate of drug-likeness (QED) is 0.0320. The van der Waals surface area contributed by atoms with Crippen molar-refractivity contribution in [3.8, 4) is 0 Å². The lowest BCUT2D eigenvalue weighted by Gasteiger charge is -2.20. The van der Waals surface area contributed by atoms with Gasteiger partial charge in [-0.3, -0.25) is 9.59 Å². The van der Waals surface area contributed by atoms with E-state index >= 15 is 0 Å². The molecular formula is C68H125NO5. The summed E-state index contributed by atoms with van der Waals surface area (Å²) in [4.78, 5) is 24.5. The zero-order valence-corrected chi connectivity index (χ0v) is 49.3. The van der Waals surface area contributed by atoms with Crippen LogP contribution in [0.5, 0.6) is 0 Å². The third-order valence-electron chi connectivity index (χ3n) is 14.8. The maximum atomic E-state index is 12.4. The monoisotopic (exact) mass is 1040 g/mol. The molecule has 0 aliphatic heterocycles. The number of aliphatic hydroxyl groups is 2. The highest BCUT2D eigenvalue weighted by atomic mass is 16.5. The summed E-state index contributed by atoms with van der Waals surface area (Å²) in [5, 5.41) is 23.0. The van der Waals surface area contributed by atoms with Crippen molar-refractivity contribution in [2.75, 3.05) is 13.2 Å². The Hall–Kier alpha value is -2.44. The second-order valence-corrected chi connectivity index (χ2v) is 22.1. The van der Waals surface area contributed by atoms with E-state index in [4.69, 9.17) is 4.74 Å². The van der Waals surface area contributed by atoms with Gasteiger partial charge in [0.1, 0.15) is 0 Å². The fourth-order valence-electron chi connectivity index (χ4n) is 9.75. The summed E-state index contributed by atoms with van der Waals surface area (Å²) in [5.41, 5.74) is 0. The minimum atomic E-state index is -0.844. The first-order valence-electron chi connectivity index (χ1n) is 32.6. The molecule has 2 atom stereocenters. The molecule has 6 heteroatoms. The highest BCUT2D eigenvalue weighted by molar-refractivity contribution is 5.76. The summed E-state index contributed by atoms with van der Waals surface area (Å²) >= 11 is 0. The molecule has 0 fully saturated rings. The predicted molar refractivity (Wildman–Crippen MR) is 324 cm³/mol. The van der Waals surface area contributed by atoms with Crippen LogP contribution >= 0.6 is 0 Å². The van der Waals surface area contributed by atoms with Crippen molar-refractivity contribution >= 4 is 11.9 Å². The molecule has 0 aromatic heterocycles. The number of carbonyl (C=O) groups is 2. The van der Waals surface area contributed by atoms with Crippen LogP contribution in [0.3, 0.4) is 0 Å². The molecule has 0 heterocycles. The van der Waals surface area contributed by atoms with Gasteiger partial charge in [-0.25, -0.2) is 0 Å². The number of rotatable bonds is 60. The number of allylic oxidation sites excluding steroid dienone is 9. The van der Waals surface area contributed by atoms with E-state index in [1.165, 1.54) is 250 Å². The van der Waals surface area contributed by atoms with Gasteiger partial charge in [0, 0.05) is 12.8 Å². The van der Waals surface area contributed by atoms with Crippen LogP contribution < -0.4 is 5.32 Å². The van der Waals surface area contributed by atoms with Gasteiger partial charge < -0.3 is 20.3 Å². The smallest absolute Gasteiger partial charge is 0.305 e. The van der Waals surface area contributed by atoms with Gasteiger partial charge in [0.2, 0.25) is 5.91 Å². The van der Waals surface area contributed by atoms with E-state index in [0.29, 0.717) is 19.4 Å². The van der Waals surface area contributed by atoms with Crippen LogP contribution in [-0.4, -0.2) is 47.4 Å². The lowest BCUT2D eigenvalue weighted by Crippen LogP contribution is -2.45. The number of ether oxygens (including phenoxy) is 1. The SMILES string of the molecule is CCCCCC/C=C\C/C=C\CCCCCCCCCC(=O)OCCCCCCCCCCC/C=C\C/C=C\CCCCCCCCCCCCCCCC(=O)NC(CO)C(O)/C=C/CCCCCCCCCC. The fraction of sp³-hybridized carbons (Fsp3) is 0.824.